The lowest BCUT2D eigenvalue weighted by Crippen LogP contribution is -2.14. The number of carbonyl (C=O) groups is 1. The SMILES string of the molecule is CCN(C)C=Nc1cc(C)c(C(=O)OCc2cc(F)cc(F)c2F)cc1C. The van der Waals surface area contributed by atoms with Crippen molar-refractivity contribution in [2.24, 2.45) is 4.99 Å². The molecule has 144 valence electrons. The Morgan fingerprint density at radius 1 is 1.15 bits per heavy atom. The predicted molar refractivity (Wildman–Crippen MR) is 97.8 cm³/mol. The first-order chi connectivity index (χ1) is 12.7. The molecule has 2 aromatic carbocycles. The van der Waals surface area contributed by atoms with E-state index in [1.165, 1.54) is 0 Å². The van der Waals surface area contributed by atoms with Gasteiger partial charge in [-0.25, -0.2) is 23.0 Å². The molecule has 0 saturated heterocycles. The molecule has 0 bridgehead atoms. The summed E-state index contributed by atoms with van der Waals surface area (Å²) >= 11 is 0. The van der Waals surface area contributed by atoms with Crippen LogP contribution in [0.2, 0.25) is 0 Å². The minimum atomic E-state index is -1.33. The Labute approximate surface area is 156 Å². The lowest BCUT2D eigenvalue weighted by atomic mass is 10.0. The lowest BCUT2D eigenvalue weighted by Gasteiger charge is -2.12. The number of ether oxygens (including phenoxy) is 1. The van der Waals surface area contributed by atoms with E-state index in [-0.39, 0.29) is 11.1 Å². The van der Waals surface area contributed by atoms with Crippen molar-refractivity contribution in [2.45, 2.75) is 27.4 Å². The van der Waals surface area contributed by atoms with Gasteiger partial charge >= 0.3 is 5.97 Å². The Hall–Kier alpha value is -2.83. The van der Waals surface area contributed by atoms with Crippen molar-refractivity contribution >= 4 is 18.0 Å². The third-order valence-electron chi connectivity index (χ3n) is 4.08. The van der Waals surface area contributed by atoms with Crippen molar-refractivity contribution in [3.05, 3.63) is 64.0 Å². The first-order valence-corrected chi connectivity index (χ1v) is 8.39. The Balaban J connectivity index is 2.17. The van der Waals surface area contributed by atoms with Gasteiger partial charge in [-0.1, -0.05) is 0 Å². The Morgan fingerprint density at radius 2 is 1.85 bits per heavy atom. The van der Waals surface area contributed by atoms with Crippen LogP contribution in [0.5, 0.6) is 0 Å². The van der Waals surface area contributed by atoms with Crippen LogP contribution in [0.25, 0.3) is 0 Å². The minimum Gasteiger partial charge on any atom is -0.457 e. The van der Waals surface area contributed by atoms with Crippen LogP contribution in [0.1, 0.15) is 34.0 Å². The van der Waals surface area contributed by atoms with Crippen molar-refractivity contribution in [3.63, 3.8) is 0 Å². The number of nitrogens with zero attached hydrogens (tertiary/aromatic N) is 2. The molecule has 0 aliphatic rings. The summed E-state index contributed by atoms with van der Waals surface area (Å²) in [7, 11) is 1.89. The highest BCUT2D eigenvalue weighted by molar-refractivity contribution is 5.92. The molecule has 0 atom stereocenters. The van der Waals surface area contributed by atoms with Gasteiger partial charge in [-0.2, -0.15) is 0 Å². The molecular formula is C20H21F3N2O2. The average molecular weight is 378 g/mol. The van der Waals surface area contributed by atoms with Gasteiger partial charge in [-0.3, -0.25) is 0 Å². The van der Waals surface area contributed by atoms with Crippen LogP contribution >= 0.6 is 0 Å². The topological polar surface area (TPSA) is 41.9 Å². The van der Waals surface area contributed by atoms with Gasteiger partial charge in [0.25, 0.3) is 0 Å². The molecule has 0 aromatic heterocycles. The lowest BCUT2D eigenvalue weighted by molar-refractivity contribution is 0.0466. The first-order valence-electron chi connectivity index (χ1n) is 8.39. The molecule has 7 heteroatoms. The summed E-state index contributed by atoms with van der Waals surface area (Å²) in [5, 5.41) is 0. The molecule has 0 radical (unpaired) electrons. The Morgan fingerprint density at radius 3 is 2.52 bits per heavy atom. The van der Waals surface area contributed by atoms with Crippen molar-refractivity contribution in [1.29, 1.82) is 0 Å². The number of benzene rings is 2. The number of esters is 1. The van der Waals surface area contributed by atoms with Crippen LogP contribution in [0.15, 0.2) is 29.3 Å². The smallest absolute Gasteiger partial charge is 0.338 e. The minimum absolute atomic E-state index is 0.285. The fraction of sp³-hybridized carbons (Fsp3) is 0.300. The summed E-state index contributed by atoms with van der Waals surface area (Å²) in [5.41, 5.74) is 2.02. The van der Waals surface area contributed by atoms with Gasteiger partial charge < -0.3 is 9.64 Å². The number of aliphatic imine (C=N–C) groups is 1. The molecule has 4 nitrogen and oxygen atoms in total. The van der Waals surface area contributed by atoms with Gasteiger partial charge in [0.05, 0.1) is 17.6 Å². The van der Waals surface area contributed by atoms with Gasteiger partial charge in [0, 0.05) is 25.2 Å². The van der Waals surface area contributed by atoms with E-state index in [9.17, 15) is 18.0 Å². The second-order valence-electron chi connectivity index (χ2n) is 6.21. The molecule has 27 heavy (non-hydrogen) atoms. The van der Waals surface area contributed by atoms with Crippen LogP contribution in [-0.2, 0) is 11.3 Å². The van der Waals surface area contributed by atoms with Crippen LogP contribution in [0, 0.1) is 31.3 Å². The average Bonchev–Trinajstić information content (AvgIpc) is 2.63. The zero-order valence-corrected chi connectivity index (χ0v) is 15.6. The maximum atomic E-state index is 13.7. The summed E-state index contributed by atoms with van der Waals surface area (Å²) in [4.78, 5) is 18.6. The summed E-state index contributed by atoms with van der Waals surface area (Å²) in [5.74, 6) is -4.21. The summed E-state index contributed by atoms with van der Waals surface area (Å²) in [6, 6.07) is 4.60. The Kier molecular flexibility index (Phi) is 6.60. The molecule has 0 fully saturated rings. The predicted octanol–water partition coefficient (Wildman–Crippen LogP) is 4.69. The van der Waals surface area contributed by atoms with E-state index in [4.69, 9.17) is 4.74 Å². The molecule has 0 heterocycles. The van der Waals surface area contributed by atoms with Crippen LogP contribution < -0.4 is 0 Å². The van der Waals surface area contributed by atoms with Crippen molar-refractivity contribution in [2.75, 3.05) is 13.6 Å². The normalized spacial score (nSPS) is 11.1. The number of hydrogen-bond donors (Lipinski definition) is 0. The molecule has 0 aliphatic heterocycles. The van der Waals surface area contributed by atoms with E-state index in [2.05, 4.69) is 4.99 Å². The van der Waals surface area contributed by atoms with Crippen molar-refractivity contribution < 1.29 is 22.7 Å². The summed E-state index contributed by atoms with van der Waals surface area (Å²) < 4.78 is 45.1. The highest BCUT2D eigenvalue weighted by Crippen LogP contribution is 2.24. The largest absolute Gasteiger partial charge is 0.457 e. The van der Waals surface area contributed by atoms with Gasteiger partial charge in [0.1, 0.15) is 12.4 Å². The van der Waals surface area contributed by atoms with Gasteiger partial charge in [-0.15, -0.1) is 0 Å². The fourth-order valence-electron chi connectivity index (χ4n) is 2.34. The van der Waals surface area contributed by atoms with Crippen LogP contribution in [0.3, 0.4) is 0 Å². The number of halogens is 3. The maximum absolute atomic E-state index is 13.7. The number of carbonyl (C=O) groups excluding carboxylic acids is 1. The maximum Gasteiger partial charge on any atom is 0.338 e. The highest BCUT2D eigenvalue weighted by atomic mass is 19.2. The molecule has 2 rings (SSSR count). The second-order valence-corrected chi connectivity index (χ2v) is 6.21. The molecule has 0 spiro atoms. The number of rotatable bonds is 6. The van der Waals surface area contributed by atoms with Crippen molar-refractivity contribution in [3.8, 4) is 0 Å². The summed E-state index contributed by atoms with van der Waals surface area (Å²) in [6.45, 7) is 5.76. The van der Waals surface area contributed by atoms with Gasteiger partial charge in [-0.05, 0) is 50.1 Å². The molecule has 0 saturated carbocycles. The third kappa shape index (κ3) is 5.09. The monoisotopic (exact) mass is 378 g/mol. The van der Waals surface area contributed by atoms with Crippen LogP contribution in [-0.4, -0.2) is 30.8 Å². The second kappa shape index (κ2) is 8.70. The van der Waals surface area contributed by atoms with Gasteiger partial charge in [0.2, 0.25) is 0 Å². The van der Waals surface area contributed by atoms with E-state index in [1.807, 2.05) is 18.9 Å². The third-order valence-corrected chi connectivity index (χ3v) is 4.08. The zero-order chi connectivity index (χ0) is 20.1. The van der Waals surface area contributed by atoms with Gasteiger partial charge in [0.15, 0.2) is 11.6 Å². The summed E-state index contributed by atoms with van der Waals surface area (Å²) in [6.07, 6.45) is 1.70. The quantitative estimate of drug-likeness (QED) is 0.317. The molecule has 0 amide bonds. The molecule has 2 aromatic rings. The molecule has 0 aliphatic carbocycles. The highest BCUT2D eigenvalue weighted by Gasteiger charge is 2.16. The van der Waals surface area contributed by atoms with Crippen LogP contribution in [0.4, 0.5) is 18.9 Å². The standard InChI is InChI=1S/C20H21F3N2O2/c1-5-25(4)11-24-18-7-12(2)16(6-13(18)3)20(26)27-10-14-8-15(21)9-17(22)19(14)23/h6-9,11H,5,10H2,1-4H3. The number of aryl methyl sites for hydroxylation is 2. The van der Waals surface area contributed by atoms with E-state index in [0.717, 1.165) is 18.2 Å². The zero-order valence-electron chi connectivity index (χ0n) is 15.6. The Bertz CT molecular complexity index is 882. The molecular weight excluding hydrogens is 357 g/mol. The van der Waals surface area contributed by atoms with E-state index in [1.54, 1.807) is 32.3 Å². The van der Waals surface area contributed by atoms with Crippen molar-refractivity contribution in [1.82, 2.24) is 4.90 Å². The van der Waals surface area contributed by atoms with E-state index in [0.29, 0.717) is 17.3 Å². The molecule has 0 N–H and O–H groups in total. The fourth-order valence-corrected chi connectivity index (χ4v) is 2.34. The molecule has 0 unspecified atom stereocenters. The van der Waals surface area contributed by atoms with E-state index < -0.39 is 30.0 Å². The van der Waals surface area contributed by atoms with E-state index >= 15 is 0 Å². The number of hydrogen-bond acceptors (Lipinski definition) is 3. The first kappa shape index (κ1) is 20.5.